The van der Waals surface area contributed by atoms with Crippen LogP contribution in [0.5, 0.6) is 0 Å². The van der Waals surface area contributed by atoms with E-state index < -0.39 is 0 Å². The fourth-order valence-corrected chi connectivity index (χ4v) is 8.64. The van der Waals surface area contributed by atoms with Crippen LogP contribution in [0.15, 0.2) is 133 Å². The molecule has 0 fully saturated rings. The predicted molar refractivity (Wildman–Crippen MR) is 226 cm³/mol. The Labute approximate surface area is 351 Å². The monoisotopic (exact) mass is 824 g/mol. The van der Waals surface area contributed by atoms with Gasteiger partial charge in [0.25, 0.3) is 0 Å². The van der Waals surface area contributed by atoms with Crippen molar-refractivity contribution in [3.05, 3.63) is 173 Å². The molecule has 0 nitrogen and oxygen atoms in total. The van der Waals surface area contributed by atoms with E-state index in [0.717, 1.165) is 19.3 Å². The number of fused-ring (bicyclic) bond motifs is 5. The van der Waals surface area contributed by atoms with Gasteiger partial charge in [0.1, 0.15) is 0 Å². The Kier molecular flexibility index (Phi) is 14.8. The second-order valence-corrected chi connectivity index (χ2v) is 18.1. The van der Waals surface area contributed by atoms with Gasteiger partial charge in [-0.25, -0.2) is 12.2 Å². The number of hydrogen-bond donors (Lipinski definition) is 0. The van der Waals surface area contributed by atoms with Crippen molar-refractivity contribution < 1.29 is 49.0 Å². The molecule has 0 saturated carbocycles. The Morgan fingerprint density at radius 1 is 0.593 bits per heavy atom. The summed E-state index contributed by atoms with van der Waals surface area (Å²) in [6, 6.07) is 42.6. The van der Waals surface area contributed by atoms with Gasteiger partial charge in [-0.2, -0.15) is 6.08 Å². The SMILES string of the molecule is Cc1cc2[cH-]c3cc(C)c(C(C)(C)C)cc3c2cc1C(C)(C)C.[C-]1=CC=CC1.[Cl-].[Cl-].[Zr+2]=[C](Cc1cccc2ccccc12)Cc1cccc2ccccc12. The number of benzene rings is 6. The molecule has 54 heavy (non-hydrogen) atoms. The van der Waals surface area contributed by atoms with E-state index in [-0.39, 0.29) is 35.6 Å². The molecule has 8 rings (SSSR count). The van der Waals surface area contributed by atoms with E-state index in [4.69, 9.17) is 0 Å². The van der Waals surface area contributed by atoms with Gasteiger partial charge < -0.3 is 24.8 Å². The van der Waals surface area contributed by atoms with Gasteiger partial charge in [-0.1, -0.05) is 75.9 Å². The minimum atomic E-state index is 0. The summed E-state index contributed by atoms with van der Waals surface area (Å²) in [6.45, 7) is 18.3. The summed E-state index contributed by atoms with van der Waals surface area (Å²) < 4.78 is 1.59. The Morgan fingerprint density at radius 2 is 1.02 bits per heavy atom. The predicted octanol–water partition coefficient (Wildman–Crippen LogP) is 7.73. The second-order valence-electron chi connectivity index (χ2n) is 16.4. The number of hydrogen-bond acceptors (Lipinski definition) is 0. The molecule has 276 valence electrons. The van der Waals surface area contributed by atoms with Gasteiger partial charge in [-0.05, 0) is 24.7 Å². The van der Waals surface area contributed by atoms with Gasteiger partial charge in [0.05, 0.1) is 0 Å². The number of aryl methyl sites for hydroxylation is 2. The topological polar surface area (TPSA) is 0 Å². The summed E-state index contributed by atoms with van der Waals surface area (Å²) in [5, 5.41) is 11.0. The number of halogens is 2. The van der Waals surface area contributed by atoms with Gasteiger partial charge in [-0.3, -0.25) is 6.08 Å². The first kappa shape index (κ1) is 43.3. The van der Waals surface area contributed by atoms with Crippen LogP contribution in [0.3, 0.4) is 0 Å². The van der Waals surface area contributed by atoms with Crippen LogP contribution in [0, 0.1) is 19.9 Å². The van der Waals surface area contributed by atoms with Crippen molar-refractivity contribution >= 4 is 46.3 Å². The van der Waals surface area contributed by atoms with Gasteiger partial charge in [-0.15, -0.1) is 46.2 Å². The van der Waals surface area contributed by atoms with E-state index in [1.54, 1.807) is 3.21 Å². The summed E-state index contributed by atoms with van der Waals surface area (Å²) in [4.78, 5) is 0. The third-order valence-electron chi connectivity index (χ3n) is 10.2. The molecule has 0 bridgehead atoms. The molecule has 0 N–H and O–H groups in total. The third kappa shape index (κ3) is 10.2. The fourth-order valence-electron chi connectivity index (χ4n) is 7.71. The molecule has 0 radical (unpaired) electrons. The molecule has 1 aliphatic carbocycles. The minimum absolute atomic E-state index is 0. The van der Waals surface area contributed by atoms with Crippen LogP contribution < -0.4 is 24.8 Å². The number of allylic oxidation sites excluding steroid dienone is 4. The fraction of sp³-hybridized carbons (Fsp3) is 0.255. The molecule has 0 atom stereocenters. The summed E-state index contributed by atoms with van der Waals surface area (Å²) in [7, 11) is 0. The molecule has 0 spiro atoms. The zero-order valence-electron chi connectivity index (χ0n) is 33.1. The van der Waals surface area contributed by atoms with Crippen molar-refractivity contribution in [3.8, 4) is 0 Å². The number of rotatable bonds is 4. The van der Waals surface area contributed by atoms with E-state index in [1.165, 1.54) is 101 Å². The maximum absolute atomic E-state index is 2.99. The molecule has 0 heterocycles. The standard InChI is InChI=1S/C23H18.C23H29.C5H5.2ClH.Zr/c1-3-16-22-18(8-1)10-5-12-20(22)14-7-15-21-13-6-11-19-9-2-4-17-23(19)21;1-14-9-16-11-17-10-15(2)21(23(6,7)8)13-19(17)18(16)12-20(14)22(3,4)5;1-2-4-5-3-1;;;/h1-6,8-13,16-17H,14-15H2;9-13H,1-8H3;1-3H,4H2;2*1H;/q;2*-1;;;+2/p-2. The van der Waals surface area contributed by atoms with Crippen molar-refractivity contribution in [2.24, 2.45) is 0 Å². The molecule has 0 unspecified atom stereocenters. The van der Waals surface area contributed by atoms with Gasteiger partial charge in [0.15, 0.2) is 0 Å². The first-order valence-corrected chi connectivity index (χ1v) is 19.9. The van der Waals surface area contributed by atoms with Crippen LogP contribution in [0.25, 0.3) is 43.1 Å². The van der Waals surface area contributed by atoms with Crippen molar-refractivity contribution in [2.45, 2.75) is 85.5 Å². The van der Waals surface area contributed by atoms with Crippen LogP contribution in [0.4, 0.5) is 0 Å². The average molecular weight is 827 g/mol. The third-order valence-corrected chi connectivity index (χ3v) is 11.0. The van der Waals surface area contributed by atoms with E-state index in [0.29, 0.717) is 0 Å². The van der Waals surface area contributed by atoms with Crippen molar-refractivity contribution in [2.75, 3.05) is 0 Å². The van der Waals surface area contributed by atoms with Crippen molar-refractivity contribution in [1.29, 1.82) is 0 Å². The van der Waals surface area contributed by atoms with E-state index in [9.17, 15) is 0 Å². The molecule has 0 saturated heterocycles. The van der Waals surface area contributed by atoms with Gasteiger partial charge >= 0.3 is 158 Å². The van der Waals surface area contributed by atoms with Crippen LogP contribution in [-0.4, -0.2) is 3.21 Å². The Hall–Kier alpha value is -3.48. The molecule has 0 amide bonds. The Morgan fingerprint density at radius 3 is 1.39 bits per heavy atom. The Bertz CT molecular complexity index is 2270. The summed E-state index contributed by atoms with van der Waals surface area (Å²) in [6.07, 6.45) is 12.1. The molecular formula is C51H52Cl2Zr-2. The van der Waals surface area contributed by atoms with Gasteiger partial charge in [0.2, 0.25) is 0 Å². The van der Waals surface area contributed by atoms with Crippen LogP contribution >= 0.6 is 0 Å². The summed E-state index contributed by atoms with van der Waals surface area (Å²) in [5.41, 5.74) is 8.95. The van der Waals surface area contributed by atoms with Crippen molar-refractivity contribution in [3.63, 3.8) is 0 Å². The Balaban J connectivity index is 0.000000206. The van der Waals surface area contributed by atoms with E-state index in [1.807, 2.05) is 12.2 Å². The second kappa shape index (κ2) is 18.4. The van der Waals surface area contributed by atoms with Crippen molar-refractivity contribution in [1.82, 2.24) is 0 Å². The molecule has 0 aliphatic heterocycles. The maximum atomic E-state index is 2.99. The first-order chi connectivity index (χ1) is 24.8. The first-order valence-electron chi connectivity index (χ1n) is 18.7. The average Bonchev–Trinajstić information content (AvgIpc) is 3.79. The summed E-state index contributed by atoms with van der Waals surface area (Å²) >= 11 is 1.53. The van der Waals surface area contributed by atoms with E-state index >= 15 is 0 Å². The van der Waals surface area contributed by atoms with Crippen LogP contribution in [0.1, 0.15) is 81.3 Å². The van der Waals surface area contributed by atoms with Gasteiger partial charge in [0, 0.05) is 0 Å². The van der Waals surface area contributed by atoms with E-state index in [2.05, 4.69) is 183 Å². The molecule has 3 heteroatoms. The zero-order valence-corrected chi connectivity index (χ0v) is 37.0. The van der Waals surface area contributed by atoms with Crippen LogP contribution in [-0.2, 0) is 47.9 Å². The quantitative estimate of drug-likeness (QED) is 0.160. The molecule has 7 aromatic rings. The zero-order chi connectivity index (χ0) is 37.0. The molecular weight excluding hydrogens is 775 g/mol. The summed E-state index contributed by atoms with van der Waals surface area (Å²) in [5.74, 6) is 0. The normalized spacial score (nSPS) is 12.2. The molecule has 7 aromatic carbocycles. The molecule has 1 aliphatic rings. The van der Waals surface area contributed by atoms with Crippen LogP contribution in [0.2, 0.25) is 0 Å². The molecule has 0 aromatic heterocycles.